The van der Waals surface area contributed by atoms with Crippen LogP contribution in [-0.2, 0) is 13.2 Å². The number of aryl methyl sites for hydroxylation is 1. The lowest BCUT2D eigenvalue weighted by Gasteiger charge is -2.18. The van der Waals surface area contributed by atoms with Crippen molar-refractivity contribution in [3.63, 3.8) is 0 Å². The van der Waals surface area contributed by atoms with Gasteiger partial charge in [0, 0.05) is 18.2 Å². The van der Waals surface area contributed by atoms with Crippen LogP contribution in [0, 0.1) is 6.92 Å². The van der Waals surface area contributed by atoms with Crippen molar-refractivity contribution in [1.29, 1.82) is 0 Å². The van der Waals surface area contributed by atoms with E-state index in [1.54, 1.807) is 0 Å². The molecule has 0 unspecified atom stereocenters. The predicted molar refractivity (Wildman–Crippen MR) is 121 cm³/mol. The van der Waals surface area contributed by atoms with Crippen LogP contribution < -0.4 is 10.1 Å². The average Bonchev–Trinajstić information content (AvgIpc) is 2.78. The molecule has 4 rings (SSSR count). The van der Waals surface area contributed by atoms with E-state index in [1.807, 2.05) is 0 Å². The van der Waals surface area contributed by atoms with E-state index in [2.05, 4.69) is 110 Å². The largest absolute Gasteiger partial charge is 0.489 e. The number of fused-ring (bicyclic) bond motifs is 1. The van der Waals surface area contributed by atoms with Gasteiger partial charge in [0.1, 0.15) is 12.4 Å². The Kier molecular flexibility index (Phi) is 5.92. The number of hydrogen-bond donors (Lipinski definition) is 1. The van der Waals surface area contributed by atoms with Crippen molar-refractivity contribution < 1.29 is 4.74 Å². The highest BCUT2D eigenvalue weighted by Gasteiger charge is 2.12. The molecule has 0 radical (unpaired) electrons. The molecule has 4 aromatic rings. The monoisotopic (exact) mass is 381 g/mol. The smallest absolute Gasteiger partial charge is 0.124 e. The first kappa shape index (κ1) is 19.2. The van der Waals surface area contributed by atoms with E-state index in [9.17, 15) is 0 Å². The van der Waals surface area contributed by atoms with Gasteiger partial charge in [-0.1, -0.05) is 90.5 Å². The Morgan fingerprint density at radius 2 is 1.52 bits per heavy atom. The van der Waals surface area contributed by atoms with Crippen molar-refractivity contribution >= 4 is 10.8 Å². The molecule has 2 heteroatoms. The Balaban J connectivity index is 1.57. The number of rotatable bonds is 7. The Labute approximate surface area is 173 Å². The second kappa shape index (κ2) is 8.93. The van der Waals surface area contributed by atoms with Gasteiger partial charge < -0.3 is 10.1 Å². The summed E-state index contributed by atoms with van der Waals surface area (Å²) in [4.78, 5) is 0. The van der Waals surface area contributed by atoms with Gasteiger partial charge in [0.05, 0.1) is 0 Å². The molecule has 0 aromatic heterocycles. The molecule has 0 saturated heterocycles. The molecule has 4 aromatic carbocycles. The molecule has 146 valence electrons. The van der Waals surface area contributed by atoms with Crippen molar-refractivity contribution in [1.82, 2.24) is 5.32 Å². The van der Waals surface area contributed by atoms with Gasteiger partial charge >= 0.3 is 0 Å². The summed E-state index contributed by atoms with van der Waals surface area (Å²) in [5, 5.41) is 6.15. The minimum Gasteiger partial charge on any atom is -0.489 e. The molecule has 2 nitrogen and oxygen atoms in total. The zero-order chi connectivity index (χ0) is 20.1. The number of nitrogens with one attached hydrogen (secondary N) is 1. The summed E-state index contributed by atoms with van der Waals surface area (Å²) in [6.07, 6.45) is 0. The third-order valence-electron chi connectivity index (χ3n) is 5.40. The maximum atomic E-state index is 6.27. The summed E-state index contributed by atoms with van der Waals surface area (Å²) in [5.74, 6) is 0.942. The molecule has 0 aliphatic heterocycles. The molecule has 0 amide bonds. The van der Waals surface area contributed by atoms with E-state index in [-0.39, 0.29) is 6.04 Å². The van der Waals surface area contributed by atoms with Gasteiger partial charge in [0.2, 0.25) is 0 Å². The standard InChI is InChI=1S/C27H27NO/c1-20-12-14-22(15-13-20)19-29-27-17-16-24-10-6-7-11-25(24)26(27)18-28-21(2)23-8-4-3-5-9-23/h3-17,21,28H,18-19H2,1-2H3/t21-/m0/s1. The van der Waals surface area contributed by atoms with Crippen LogP contribution >= 0.6 is 0 Å². The summed E-state index contributed by atoms with van der Waals surface area (Å²) in [6.45, 7) is 5.62. The van der Waals surface area contributed by atoms with Gasteiger partial charge in [-0.15, -0.1) is 0 Å². The van der Waals surface area contributed by atoms with Gasteiger partial charge in [0.25, 0.3) is 0 Å². The SMILES string of the molecule is Cc1ccc(COc2ccc3ccccc3c2CN[C@@H](C)c2ccccc2)cc1. The van der Waals surface area contributed by atoms with Gasteiger partial charge in [-0.25, -0.2) is 0 Å². The Bertz CT molecular complexity index is 1070. The topological polar surface area (TPSA) is 21.3 Å². The van der Waals surface area contributed by atoms with Crippen molar-refractivity contribution in [3.05, 3.63) is 113 Å². The first-order valence-corrected chi connectivity index (χ1v) is 10.2. The molecule has 0 bridgehead atoms. The third kappa shape index (κ3) is 4.67. The van der Waals surface area contributed by atoms with Crippen LogP contribution in [0.15, 0.2) is 91.0 Å². The molecule has 0 fully saturated rings. The first-order chi connectivity index (χ1) is 14.2. The highest BCUT2D eigenvalue weighted by atomic mass is 16.5. The maximum Gasteiger partial charge on any atom is 0.124 e. The van der Waals surface area contributed by atoms with Crippen LogP contribution in [0.3, 0.4) is 0 Å². The summed E-state index contributed by atoms with van der Waals surface area (Å²) in [6, 6.07) is 32.1. The van der Waals surface area contributed by atoms with Crippen molar-refractivity contribution in [2.75, 3.05) is 0 Å². The fourth-order valence-electron chi connectivity index (χ4n) is 3.59. The maximum absolute atomic E-state index is 6.27. The van der Waals surface area contributed by atoms with Gasteiger partial charge in [-0.2, -0.15) is 0 Å². The minimum absolute atomic E-state index is 0.264. The lowest BCUT2D eigenvalue weighted by atomic mass is 10.0. The van der Waals surface area contributed by atoms with Gasteiger partial charge in [0.15, 0.2) is 0 Å². The van der Waals surface area contributed by atoms with E-state index in [4.69, 9.17) is 4.74 Å². The molecule has 0 heterocycles. The summed E-state index contributed by atoms with van der Waals surface area (Å²) in [5.41, 5.74) is 4.94. The normalized spacial score (nSPS) is 12.1. The van der Waals surface area contributed by atoms with E-state index >= 15 is 0 Å². The lowest BCUT2D eigenvalue weighted by Crippen LogP contribution is -2.18. The minimum atomic E-state index is 0.264. The zero-order valence-corrected chi connectivity index (χ0v) is 17.1. The summed E-state index contributed by atoms with van der Waals surface area (Å²) >= 11 is 0. The van der Waals surface area contributed by atoms with Crippen LogP contribution in [0.4, 0.5) is 0 Å². The van der Waals surface area contributed by atoms with E-state index < -0.39 is 0 Å². The van der Waals surface area contributed by atoms with Gasteiger partial charge in [-0.05, 0) is 41.8 Å². The van der Waals surface area contributed by atoms with Crippen molar-refractivity contribution in [3.8, 4) is 5.75 Å². The molecular weight excluding hydrogens is 354 g/mol. The highest BCUT2D eigenvalue weighted by molar-refractivity contribution is 5.87. The molecule has 0 aliphatic rings. The Morgan fingerprint density at radius 3 is 2.31 bits per heavy atom. The second-order valence-corrected chi connectivity index (χ2v) is 7.55. The molecule has 1 N–H and O–H groups in total. The third-order valence-corrected chi connectivity index (χ3v) is 5.40. The first-order valence-electron chi connectivity index (χ1n) is 10.2. The fraction of sp³-hybridized carbons (Fsp3) is 0.185. The number of ether oxygens (including phenoxy) is 1. The van der Waals surface area contributed by atoms with E-state index in [1.165, 1.54) is 33.0 Å². The lowest BCUT2D eigenvalue weighted by molar-refractivity contribution is 0.302. The van der Waals surface area contributed by atoms with Crippen molar-refractivity contribution in [2.24, 2.45) is 0 Å². The fourth-order valence-corrected chi connectivity index (χ4v) is 3.59. The summed E-state index contributed by atoms with van der Waals surface area (Å²) < 4.78 is 6.27. The summed E-state index contributed by atoms with van der Waals surface area (Å²) in [7, 11) is 0. The average molecular weight is 382 g/mol. The molecule has 1 atom stereocenters. The number of hydrogen-bond acceptors (Lipinski definition) is 2. The molecule has 0 saturated carbocycles. The second-order valence-electron chi connectivity index (χ2n) is 7.55. The zero-order valence-electron chi connectivity index (χ0n) is 17.1. The molecule has 0 aliphatic carbocycles. The molecular formula is C27H27NO. The quantitative estimate of drug-likeness (QED) is 0.390. The van der Waals surface area contributed by atoms with Crippen LogP contribution in [0.2, 0.25) is 0 Å². The predicted octanol–water partition coefficient (Wildman–Crippen LogP) is 6.58. The molecule has 0 spiro atoms. The Hall–Kier alpha value is -3.10. The highest BCUT2D eigenvalue weighted by Crippen LogP contribution is 2.29. The van der Waals surface area contributed by atoms with Crippen LogP contribution in [0.1, 0.15) is 35.2 Å². The Morgan fingerprint density at radius 1 is 0.793 bits per heavy atom. The van der Waals surface area contributed by atoms with Crippen LogP contribution in [-0.4, -0.2) is 0 Å². The number of benzene rings is 4. The van der Waals surface area contributed by atoms with E-state index in [0.29, 0.717) is 6.61 Å². The van der Waals surface area contributed by atoms with Crippen LogP contribution in [0.25, 0.3) is 10.8 Å². The van der Waals surface area contributed by atoms with E-state index in [0.717, 1.165) is 12.3 Å². The van der Waals surface area contributed by atoms with Crippen molar-refractivity contribution in [2.45, 2.75) is 33.0 Å². The van der Waals surface area contributed by atoms with Crippen LogP contribution in [0.5, 0.6) is 5.75 Å². The molecule has 29 heavy (non-hydrogen) atoms. The van der Waals surface area contributed by atoms with Gasteiger partial charge in [-0.3, -0.25) is 0 Å².